The van der Waals surface area contributed by atoms with Crippen molar-refractivity contribution in [2.24, 2.45) is 0 Å². The van der Waals surface area contributed by atoms with Gasteiger partial charge in [-0.05, 0) is 24.3 Å². The lowest BCUT2D eigenvalue weighted by Crippen LogP contribution is -2.21. The molecule has 1 aromatic heterocycles. The predicted octanol–water partition coefficient (Wildman–Crippen LogP) is 2.90. The molecule has 0 aliphatic heterocycles. The smallest absolute Gasteiger partial charge is 0.265 e. The third kappa shape index (κ3) is 3.62. The van der Waals surface area contributed by atoms with Crippen LogP contribution < -0.4 is 5.32 Å². The number of sulfonamides is 1. The Morgan fingerprint density at radius 1 is 1.29 bits per heavy atom. The highest BCUT2D eigenvalue weighted by molar-refractivity contribution is 7.89. The number of nitrogens with zero attached hydrogens (tertiary/aromatic N) is 1. The first-order chi connectivity index (χ1) is 9.80. The molecule has 2 rings (SSSR count). The molecule has 1 N–H and O–H groups in total. The summed E-state index contributed by atoms with van der Waals surface area (Å²) in [5.41, 5.74) is 0.554. The quantitative estimate of drug-likeness (QED) is 0.927. The lowest BCUT2D eigenvalue weighted by atomic mass is 10.3. The molecule has 112 valence electrons. The van der Waals surface area contributed by atoms with Crippen LogP contribution in [0.25, 0.3) is 0 Å². The number of amides is 1. The van der Waals surface area contributed by atoms with E-state index in [-0.39, 0.29) is 10.8 Å². The molecule has 0 spiro atoms. The van der Waals surface area contributed by atoms with E-state index in [2.05, 4.69) is 5.32 Å². The molecule has 0 saturated carbocycles. The Labute approximate surface area is 132 Å². The number of anilines is 1. The van der Waals surface area contributed by atoms with E-state index in [0.29, 0.717) is 15.6 Å². The Hall–Kier alpha value is -1.41. The summed E-state index contributed by atoms with van der Waals surface area (Å²) in [5, 5.41) is 4.63. The maximum atomic E-state index is 12.1. The van der Waals surface area contributed by atoms with Crippen LogP contribution in [0.2, 0.25) is 5.02 Å². The van der Waals surface area contributed by atoms with Crippen molar-refractivity contribution >= 4 is 44.6 Å². The average Bonchev–Trinajstić information content (AvgIpc) is 2.88. The lowest BCUT2D eigenvalue weighted by Gasteiger charge is -2.08. The minimum Gasteiger partial charge on any atom is -0.321 e. The predicted molar refractivity (Wildman–Crippen MR) is 84.6 cm³/mol. The zero-order valence-corrected chi connectivity index (χ0v) is 13.7. The topological polar surface area (TPSA) is 66.5 Å². The highest BCUT2D eigenvalue weighted by atomic mass is 35.5. The molecule has 21 heavy (non-hydrogen) atoms. The molecule has 1 aromatic carbocycles. The van der Waals surface area contributed by atoms with Crippen molar-refractivity contribution in [1.82, 2.24) is 4.31 Å². The third-order valence-electron chi connectivity index (χ3n) is 2.66. The highest BCUT2D eigenvalue weighted by Crippen LogP contribution is 2.23. The molecule has 0 bridgehead atoms. The van der Waals surface area contributed by atoms with E-state index < -0.39 is 10.0 Å². The minimum absolute atomic E-state index is 0.105. The Balaban J connectivity index is 2.20. The van der Waals surface area contributed by atoms with Gasteiger partial charge >= 0.3 is 0 Å². The van der Waals surface area contributed by atoms with Crippen LogP contribution >= 0.6 is 22.9 Å². The van der Waals surface area contributed by atoms with Gasteiger partial charge in [0.25, 0.3) is 5.91 Å². The second-order valence-corrected chi connectivity index (χ2v) is 7.90. The molecule has 1 heterocycles. The van der Waals surface area contributed by atoms with Crippen molar-refractivity contribution in [3.8, 4) is 0 Å². The zero-order valence-electron chi connectivity index (χ0n) is 11.3. The van der Waals surface area contributed by atoms with Crippen LogP contribution in [0.4, 0.5) is 5.69 Å². The van der Waals surface area contributed by atoms with Gasteiger partial charge in [-0.25, -0.2) is 12.7 Å². The molecular weight excluding hydrogens is 332 g/mol. The number of nitrogens with one attached hydrogen (secondary N) is 1. The van der Waals surface area contributed by atoms with Gasteiger partial charge in [0.1, 0.15) is 0 Å². The van der Waals surface area contributed by atoms with Gasteiger partial charge in [0.05, 0.1) is 9.77 Å². The van der Waals surface area contributed by atoms with Gasteiger partial charge in [-0.15, -0.1) is 11.3 Å². The first kappa shape index (κ1) is 16.0. The van der Waals surface area contributed by atoms with E-state index in [4.69, 9.17) is 11.6 Å². The number of halogens is 1. The van der Waals surface area contributed by atoms with Gasteiger partial charge < -0.3 is 5.32 Å². The van der Waals surface area contributed by atoms with Crippen LogP contribution in [0.3, 0.4) is 0 Å². The standard InChI is InChI=1S/C13H13ClN2O3S2/c1-16(2)21(18,19)11-7-12(20-8-11)13(17)15-10-5-3-4-9(14)6-10/h3-8H,1-2H3,(H,15,17). The van der Waals surface area contributed by atoms with Gasteiger partial charge in [0.2, 0.25) is 10.0 Å². The SMILES string of the molecule is CN(C)S(=O)(=O)c1csc(C(=O)Nc2cccc(Cl)c2)c1. The largest absolute Gasteiger partial charge is 0.321 e. The molecule has 2 aromatic rings. The monoisotopic (exact) mass is 344 g/mol. The Kier molecular flexibility index (Phi) is 4.67. The Morgan fingerprint density at radius 3 is 2.62 bits per heavy atom. The molecule has 0 radical (unpaired) electrons. The van der Waals surface area contributed by atoms with Crippen molar-refractivity contribution in [2.45, 2.75) is 4.90 Å². The van der Waals surface area contributed by atoms with Crippen molar-refractivity contribution < 1.29 is 13.2 Å². The second kappa shape index (κ2) is 6.15. The summed E-state index contributed by atoms with van der Waals surface area (Å²) in [6.45, 7) is 0. The number of hydrogen-bond donors (Lipinski definition) is 1. The van der Waals surface area contributed by atoms with Crippen LogP contribution in [0, 0.1) is 0 Å². The maximum Gasteiger partial charge on any atom is 0.265 e. The van der Waals surface area contributed by atoms with Crippen LogP contribution in [0.15, 0.2) is 40.6 Å². The molecule has 5 nitrogen and oxygen atoms in total. The molecular formula is C13H13ClN2O3S2. The Morgan fingerprint density at radius 2 is 2.00 bits per heavy atom. The van der Waals surface area contributed by atoms with Gasteiger partial charge in [0, 0.05) is 30.2 Å². The first-order valence-corrected chi connectivity index (χ1v) is 8.58. The number of carbonyl (C=O) groups excluding carboxylic acids is 1. The molecule has 0 fully saturated rings. The van der Waals surface area contributed by atoms with Crippen LogP contribution in [0.1, 0.15) is 9.67 Å². The fourth-order valence-corrected chi connectivity index (χ4v) is 3.79. The van der Waals surface area contributed by atoms with E-state index in [1.165, 1.54) is 25.5 Å². The number of rotatable bonds is 4. The number of hydrogen-bond acceptors (Lipinski definition) is 4. The second-order valence-electron chi connectivity index (χ2n) is 4.40. The summed E-state index contributed by atoms with van der Waals surface area (Å²) in [7, 11) is -0.640. The summed E-state index contributed by atoms with van der Waals surface area (Å²) < 4.78 is 25.0. The van der Waals surface area contributed by atoms with Crippen molar-refractivity contribution in [3.63, 3.8) is 0 Å². The first-order valence-electron chi connectivity index (χ1n) is 5.88. The molecule has 1 amide bonds. The number of thiophene rings is 1. The Bertz CT molecular complexity index is 769. The normalized spacial score (nSPS) is 11.6. The van der Waals surface area contributed by atoms with Gasteiger partial charge in [-0.3, -0.25) is 4.79 Å². The highest BCUT2D eigenvalue weighted by Gasteiger charge is 2.21. The van der Waals surface area contributed by atoms with Crippen molar-refractivity contribution in [1.29, 1.82) is 0 Å². The van der Waals surface area contributed by atoms with Crippen molar-refractivity contribution in [2.75, 3.05) is 19.4 Å². The lowest BCUT2D eigenvalue weighted by molar-refractivity contribution is 0.103. The molecule has 0 atom stereocenters. The summed E-state index contributed by atoms with van der Waals surface area (Å²) in [4.78, 5) is 12.5. The van der Waals surface area contributed by atoms with E-state index in [9.17, 15) is 13.2 Å². The van der Waals surface area contributed by atoms with E-state index in [0.717, 1.165) is 15.6 Å². The molecule has 8 heteroatoms. The van der Waals surface area contributed by atoms with Crippen molar-refractivity contribution in [3.05, 3.63) is 45.6 Å². The summed E-state index contributed by atoms with van der Waals surface area (Å²) in [5.74, 6) is -0.373. The van der Waals surface area contributed by atoms with Gasteiger partial charge in [-0.2, -0.15) is 0 Å². The van der Waals surface area contributed by atoms with Gasteiger partial charge in [-0.1, -0.05) is 17.7 Å². The van der Waals surface area contributed by atoms with E-state index in [1.54, 1.807) is 24.3 Å². The van der Waals surface area contributed by atoms with Crippen LogP contribution in [-0.4, -0.2) is 32.7 Å². The van der Waals surface area contributed by atoms with E-state index >= 15 is 0 Å². The average molecular weight is 345 g/mol. The van der Waals surface area contributed by atoms with Gasteiger partial charge in [0.15, 0.2) is 0 Å². The number of benzene rings is 1. The zero-order chi connectivity index (χ0) is 15.6. The maximum absolute atomic E-state index is 12.1. The molecule has 0 saturated heterocycles. The third-order valence-corrected chi connectivity index (χ3v) is 5.77. The summed E-state index contributed by atoms with van der Waals surface area (Å²) in [6, 6.07) is 8.09. The molecule has 0 aliphatic rings. The van der Waals surface area contributed by atoms with E-state index in [1.807, 2.05) is 0 Å². The fraction of sp³-hybridized carbons (Fsp3) is 0.154. The number of carbonyl (C=O) groups is 1. The molecule has 0 aliphatic carbocycles. The summed E-state index contributed by atoms with van der Waals surface area (Å²) >= 11 is 6.91. The summed E-state index contributed by atoms with van der Waals surface area (Å²) in [6.07, 6.45) is 0. The van der Waals surface area contributed by atoms with Crippen LogP contribution in [-0.2, 0) is 10.0 Å². The molecule has 0 unspecified atom stereocenters. The van der Waals surface area contributed by atoms with Crippen LogP contribution in [0.5, 0.6) is 0 Å². The fourth-order valence-electron chi connectivity index (χ4n) is 1.54. The minimum atomic E-state index is -3.53.